The fraction of sp³-hybridized carbons (Fsp3) is 0.200. The van der Waals surface area contributed by atoms with Crippen LogP contribution in [0.5, 0.6) is 11.5 Å². The van der Waals surface area contributed by atoms with Crippen LogP contribution in [0.2, 0.25) is 0 Å². The molecule has 152 valence electrons. The Labute approximate surface area is 164 Å². The van der Waals surface area contributed by atoms with Crippen LogP contribution in [0, 0.1) is 0 Å². The summed E-state index contributed by atoms with van der Waals surface area (Å²) in [6.07, 6.45) is -3.12. The number of carbonyl (C=O) groups is 1. The van der Waals surface area contributed by atoms with Gasteiger partial charge >= 0.3 is 6.18 Å². The Bertz CT molecular complexity index is 998. The average molecular weight is 405 g/mol. The number of ether oxygens (including phenoxy) is 2. The van der Waals surface area contributed by atoms with Crippen LogP contribution in [0.4, 0.5) is 13.2 Å². The number of amides is 1. The lowest BCUT2D eigenvalue weighted by Gasteiger charge is -2.08. The van der Waals surface area contributed by atoms with Crippen molar-refractivity contribution in [1.29, 1.82) is 0 Å². The molecule has 29 heavy (non-hydrogen) atoms. The summed E-state index contributed by atoms with van der Waals surface area (Å²) < 4.78 is 50.3. The maximum Gasteiger partial charge on any atom is 0.416 e. The zero-order valence-corrected chi connectivity index (χ0v) is 15.7. The van der Waals surface area contributed by atoms with Crippen molar-refractivity contribution in [2.75, 3.05) is 14.2 Å². The minimum atomic E-state index is -4.48. The molecule has 0 saturated heterocycles. The third-order valence-corrected chi connectivity index (χ3v) is 4.17. The fourth-order valence-corrected chi connectivity index (χ4v) is 2.63. The molecule has 6 nitrogen and oxygen atoms in total. The summed E-state index contributed by atoms with van der Waals surface area (Å²) >= 11 is 0. The van der Waals surface area contributed by atoms with Crippen molar-refractivity contribution in [2.45, 2.75) is 12.7 Å². The molecule has 1 amide bonds. The second-order valence-corrected chi connectivity index (χ2v) is 6.07. The van der Waals surface area contributed by atoms with Crippen LogP contribution in [-0.4, -0.2) is 29.9 Å². The van der Waals surface area contributed by atoms with Gasteiger partial charge in [0.1, 0.15) is 5.75 Å². The molecular formula is C20H18F3N3O3. The van der Waals surface area contributed by atoms with Gasteiger partial charge in [-0.15, -0.1) is 0 Å². The molecule has 0 aliphatic rings. The molecule has 1 aromatic heterocycles. The van der Waals surface area contributed by atoms with Gasteiger partial charge < -0.3 is 14.8 Å². The van der Waals surface area contributed by atoms with Crippen LogP contribution in [0.1, 0.15) is 21.6 Å². The molecule has 0 radical (unpaired) electrons. The molecule has 0 aliphatic carbocycles. The molecule has 0 fully saturated rings. The molecule has 1 heterocycles. The lowest BCUT2D eigenvalue weighted by molar-refractivity contribution is -0.137. The highest BCUT2D eigenvalue weighted by Crippen LogP contribution is 2.30. The van der Waals surface area contributed by atoms with Crippen molar-refractivity contribution in [3.63, 3.8) is 0 Å². The van der Waals surface area contributed by atoms with E-state index in [4.69, 9.17) is 9.47 Å². The fourth-order valence-electron chi connectivity index (χ4n) is 2.63. The molecule has 3 aromatic rings. The number of nitrogens with zero attached hydrogens (tertiary/aromatic N) is 2. The molecule has 0 atom stereocenters. The average Bonchev–Trinajstić information content (AvgIpc) is 3.16. The first-order valence-corrected chi connectivity index (χ1v) is 8.54. The van der Waals surface area contributed by atoms with Gasteiger partial charge in [-0.3, -0.25) is 4.79 Å². The van der Waals surface area contributed by atoms with Crippen LogP contribution < -0.4 is 14.8 Å². The highest BCUT2D eigenvalue weighted by molar-refractivity contribution is 5.94. The Kier molecular flexibility index (Phi) is 5.76. The zero-order valence-electron chi connectivity index (χ0n) is 15.7. The van der Waals surface area contributed by atoms with Crippen LogP contribution in [0.3, 0.4) is 0 Å². The Morgan fingerprint density at radius 3 is 2.45 bits per heavy atom. The summed E-state index contributed by atoms with van der Waals surface area (Å²) in [7, 11) is 2.91. The highest BCUT2D eigenvalue weighted by Gasteiger charge is 2.30. The zero-order chi connectivity index (χ0) is 21.0. The normalized spacial score (nSPS) is 11.2. The van der Waals surface area contributed by atoms with Crippen molar-refractivity contribution in [1.82, 2.24) is 15.1 Å². The number of halogens is 3. The Hall–Kier alpha value is -3.49. The summed E-state index contributed by atoms with van der Waals surface area (Å²) in [6, 6.07) is 11.8. The van der Waals surface area contributed by atoms with Crippen LogP contribution in [-0.2, 0) is 12.7 Å². The van der Waals surface area contributed by atoms with Gasteiger partial charge in [-0.25, -0.2) is 4.68 Å². The number of aromatic nitrogens is 2. The molecule has 0 saturated carbocycles. The van der Waals surface area contributed by atoms with Gasteiger partial charge in [-0.2, -0.15) is 18.3 Å². The number of nitrogens with one attached hydrogen (secondary N) is 1. The highest BCUT2D eigenvalue weighted by atomic mass is 19.4. The molecule has 9 heteroatoms. The SMILES string of the molecule is COc1ccc(CNC(=O)c2nn(-c3cccc(C(F)(F)F)c3)cc2OC)cc1. The van der Waals surface area contributed by atoms with Crippen molar-refractivity contribution in [3.05, 3.63) is 71.5 Å². The number of methoxy groups -OCH3 is 2. The summed E-state index contributed by atoms with van der Waals surface area (Å²) in [5.74, 6) is 0.333. The first-order chi connectivity index (χ1) is 13.8. The minimum absolute atomic E-state index is 0.0292. The second-order valence-electron chi connectivity index (χ2n) is 6.07. The van der Waals surface area contributed by atoms with E-state index < -0.39 is 17.6 Å². The number of hydrogen-bond donors (Lipinski definition) is 1. The van der Waals surface area contributed by atoms with Crippen molar-refractivity contribution in [3.8, 4) is 17.2 Å². The van der Waals surface area contributed by atoms with Gasteiger partial charge in [-0.1, -0.05) is 18.2 Å². The maximum absolute atomic E-state index is 12.9. The molecule has 2 aromatic carbocycles. The third kappa shape index (κ3) is 4.68. The lowest BCUT2D eigenvalue weighted by Crippen LogP contribution is -2.24. The van der Waals surface area contributed by atoms with Crippen LogP contribution in [0.15, 0.2) is 54.7 Å². The number of carbonyl (C=O) groups excluding carboxylic acids is 1. The monoisotopic (exact) mass is 405 g/mol. The molecule has 1 N–H and O–H groups in total. The standard InChI is InChI=1S/C20H18F3N3O3/c1-28-16-8-6-13(7-9-16)11-24-19(27)18-17(29-2)12-26(25-18)15-5-3-4-14(10-15)20(21,22)23/h3-10,12H,11H2,1-2H3,(H,24,27). The topological polar surface area (TPSA) is 65.4 Å². The molecule has 0 aliphatic heterocycles. The van der Waals surface area contributed by atoms with Crippen LogP contribution >= 0.6 is 0 Å². The molecular weight excluding hydrogens is 387 g/mol. The van der Waals surface area contributed by atoms with Gasteiger partial charge in [-0.05, 0) is 35.9 Å². The van der Waals surface area contributed by atoms with E-state index in [1.54, 1.807) is 31.4 Å². The quantitative estimate of drug-likeness (QED) is 0.677. The summed E-state index contributed by atoms with van der Waals surface area (Å²) in [5.41, 5.74) is 0.163. The first-order valence-electron chi connectivity index (χ1n) is 8.54. The van der Waals surface area contributed by atoms with E-state index in [-0.39, 0.29) is 23.7 Å². The Morgan fingerprint density at radius 2 is 1.83 bits per heavy atom. The van der Waals surface area contributed by atoms with Gasteiger partial charge in [0.25, 0.3) is 5.91 Å². The summed E-state index contributed by atoms with van der Waals surface area (Å²) in [6.45, 7) is 0.238. The van der Waals surface area contributed by atoms with E-state index in [0.717, 1.165) is 17.7 Å². The minimum Gasteiger partial charge on any atom is -0.497 e. The molecule has 0 bridgehead atoms. The predicted octanol–water partition coefficient (Wildman–Crippen LogP) is 3.84. The Morgan fingerprint density at radius 1 is 1.10 bits per heavy atom. The van der Waals surface area contributed by atoms with Gasteiger partial charge in [0.2, 0.25) is 0 Å². The third-order valence-electron chi connectivity index (χ3n) is 4.17. The predicted molar refractivity (Wildman–Crippen MR) is 99.3 cm³/mol. The van der Waals surface area contributed by atoms with Gasteiger partial charge in [0.05, 0.1) is 31.7 Å². The van der Waals surface area contributed by atoms with Crippen molar-refractivity contribution in [2.24, 2.45) is 0 Å². The van der Waals surface area contributed by atoms with E-state index >= 15 is 0 Å². The smallest absolute Gasteiger partial charge is 0.416 e. The summed E-state index contributed by atoms with van der Waals surface area (Å²) in [4.78, 5) is 12.5. The largest absolute Gasteiger partial charge is 0.497 e. The number of hydrogen-bond acceptors (Lipinski definition) is 4. The number of rotatable bonds is 6. The molecule has 3 rings (SSSR count). The van der Waals surface area contributed by atoms with E-state index in [1.165, 1.54) is 30.1 Å². The van der Waals surface area contributed by atoms with Crippen LogP contribution in [0.25, 0.3) is 5.69 Å². The lowest BCUT2D eigenvalue weighted by atomic mass is 10.2. The molecule has 0 unspecified atom stereocenters. The van der Waals surface area contributed by atoms with E-state index in [2.05, 4.69) is 10.4 Å². The maximum atomic E-state index is 12.9. The van der Waals surface area contributed by atoms with E-state index in [1.807, 2.05) is 0 Å². The number of benzene rings is 2. The Balaban J connectivity index is 1.79. The second kappa shape index (κ2) is 8.26. The first kappa shape index (κ1) is 20.2. The summed E-state index contributed by atoms with van der Waals surface area (Å²) in [5, 5.41) is 6.82. The van der Waals surface area contributed by atoms with Gasteiger partial charge in [0, 0.05) is 6.54 Å². The van der Waals surface area contributed by atoms with E-state index in [0.29, 0.717) is 5.75 Å². The number of alkyl halides is 3. The van der Waals surface area contributed by atoms with Crippen molar-refractivity contribution < 1.29 is 27.4 Å². The van der Waals surface area contributed by atoms with E-state index in [9.17, 15) is 18.0 Å². The van der Waals surface area contributed by atoms with Crippen molar-refractivity contribution >= 4 is 5.91 Å². The molecule has 0 spiro atoms. The van der Waals surface area contributed by atoms with Gasteiger partial charge in [0.15, 0.2) is 11.4 Å².